The summed E-state index contributed by atoms with van der Waals surface area (Å²) >= 11 is 0. The van der Waals surface area contributed by atoms with E-state index in [1.54, 1.807) is 30.3 Å². The maximum absolute atomic E-state index is 13.3. The Kier molecular flexibility index (Phi) is 9.44. The third-order valence-electron chi connectivity index (χ3n) is 6.46. The number of halogens is 1. The number of aromatic hydroxyl groups is 1. The molecule has 0 fully saturated rings. The third-order valence-corrected chi connectivity index (χ3v) is 6.46. The van der Waals surface area contributed by atoms with E-state index in [1.165, 1.54) is 12.1 Å². The minimum Gasteiger partial charge on any atom is -0.507 e. The monoisotopic (exact) mass is 534 g/mol. The van der Waals surface area contributed by atoms with Crippen LogP contribution in [0.3, 0.4) is 0 Å². The molecule has 0 aliphatic carbocycles. The number of hydrogen-bond acceptors (Lipinski definition) is 7. The van der Waals surface area contributed by atoms with Gasteiger partial charge in [0, 0.05) is 17.0 Å². The summed E-state index contributed by atoms with van der Waals surface area (Å²) in [5.41, 5.74) is 3.10. The van der Waals surface area contributed by atoms with Crippen LogP contribution in [-0.2, 0) is 11.2 Å². The molecule has 1 aromatic heterocycles. The van der Waals surface area contributed by atoms with Crippen LogP contribution in [0.25, 0.3) is 11.1 Å². The molecule has 1 unspecified atom stereocenters. The topological polar surface area (TPSA) is 130 Å². The molecule has 1 atom stereocenters. The number of aromatic amines is 1. The molecule has 0 spiro atoms. The number of carboxylic acid groups (broad SMARTS) is 1. The second-order valence-corrected chi connectivity index (χ2v) is 9.07. The molecular formula is C29H31FN4O5. The van der Waals surface area contributed by atoms with Gasteiger partial charge in [-0.15, -0.1) is 10.2 Å². The van der Waals surface area contributed by atoms with Crippen LogP contribution in [0.2, 0.25) is 0 Å². The molecule has 0 aliphatic rings. The molecule has 39 heavy (non-hydrogen) atoms. The molecule has 204 valence electrons. The lowest BCUT2D eigenvalue weighted by Gasteiger charge is -2.16. The first-order valence-corrected chi connectivity index (χ1v) is 12.9. The number of rotatable bonds is 14. The molecule has 3 aromatic carbocycles. The van der Waals surface area contributed by atoms with Gasteiger partial charge in [0.15, 0.2) is 12.4 Å². The van der Waals surface area contributed by atoms with Crippen LogP contribution in [-0.4, -0.2) is 50.0 Å². The Hall–Kier alpha value is -4.47. The van der Waals surface area contributed by atoms with Crippen LogP contribution in [0.1, 0.15) is 55.5 Å². The van der Waals surface area contributed by atoms with Crippen molar-refractivity contribution in [2.45, 2.75) is 44.9 Å². The molecule has 0 saturated carbocycles. The van der Waals surface area contributed by atoms with E-state index in [-0.39, 0.29) is 17.5 Å². The highest BCUT2D eigenvalue weighted by atomic mass is 19.1. The van der Waals surface area contributed by atoms with Gasteiger partial charge >= 0.3 is 5.97 Å². The van der Waals surface area contributed by atoms with Gasteiger partial charge in [-0.2, -0.15) is 5.21 Å². The summed E-state index contributed by atoms with van der Waals surface area (Å²) < 4.78 is 24.5. The molecule has 0 bridgehead atoms. The van der Waals surface area contributed by atoms with Crippen LogP contribution in [0.4, 0.5) is 4.39 Å². The second-order valence-electron chi connectivity index (χ2n) is 9.07. The summed E-state index contributed by atoms with van der Waals surface area (Å²) in [7, 11) is 0. The van der Waals surface area contributed by atoms with Crippen LogP contribution in [0, 0.1) is 5.82 Å². The fraction of sp³-hybridized carbons (Fsp3) is 0.310. The number of unbranched alkanes of at least 4 members (excludes halogenated alkanes) is 2. The Morgan fingerprint density at radius 3 is 2.44 bits per heavy atom. The number of tetrazole rings is 1. The number of aromatic nitrogens is 4. The fourth-order valence-electron chi connectivity index (χ4n) is 4.47. The first-order valence-electron chi connectivity index (χ1n) is 12.9. The van der Waals surface area contributed by atoms with Crippen LogP contribution in [0.15, 0.2) is 60.7 Å². The first kappa shape index (κ1) is 27.6. The first-order chi connectivity index (χ1) is 19.0. The molecule has 10 heteroatoms. The fourth-order valence-corrected chi connectivity index (χ4v) is 4.47. The Morgan fingerprint density at radius 2 is 1.77 bits per heavy atom. The zero-order valence-corrected chi connectivity index (χ0v) is 21.6. The molecular weight excluding hydrogens is 503 g/mol. The largest absolute Gasteiger partial charge is 0.507 e. The Labute approximate surface area is 225 Å². The number of nitrogens with one attached hydrogen (secondary N) is 1. The van der Waals surface area contributed by atoms with Crippen molar-refractivity contribution < 1.29 is 28.9 Å². The van der Waals surface area contributed by atoms with Crippen molar-refractivity contribution in [1.82, 2.24) is 20.6 Å². The van der Waals surface area contributed by atoms with E-state index in [1.807, 2.05) is 25.1 Å². The number of phenolic OH excluding ortho intramolecular Hbond substituents is 1. The van der Waals surface area contributed by atoms with E-state index in [0.29, 0.717) is 35.9 Å². The van der Waals surface area contributed by atoms with E-state index in [9.17, 15) is 14.3 Å². The predicted octanol–water partition coefficient (Wildman–Crippen LogP) is 5.51. The molecule has 0 aliphatic heterocycles. The number of ether oxygens (including phenoxy) is 2. The summed E-state index contributed by atoms with van der Waals surface area (Å²) in [6, 6.07) is 16.9. The van der Waals surface area contributed by atoms with Crippen molar-refractivity contribution >= 4 is 5.97 Å². The van der Waals surface area contributed by atoms with Gasteiger partial charge in [-0.1, -0.05) is 49.2 Å². The van der Waals surface area contributed by atoms with E-state index >= 15 is 0 Å². The molecule has 9 nitrogen and oxygen atoms in total. The highest BCUT2D eigenvalue weighted by molar-refractivity contribution is 5.73. The highest BCUT2D eigenvalue weighted by Crippen LogP contribution is 2.38. The summed E-state index contributed by atoms with van der Waals surface area (Å²) in [6.07, 6.45) is 4.03. The SMILES string of the molecule is CCc1c(OCCCCCC(c2ccc(OCC(=O)O)cc2)c2nn[nH]n2)ccc(-c2ccc(F)cc2)c1O. The molecule has 0 amide bonds. The molecule has 0 radical (unpaired) electrons. The minimum atomic E-state index is -1.03. The summed E-state index contributed by atoms with van der Waals surface area (Å²) in [6.45, 7) is 2.07. The van der Waals surface area contributed by atoms with Crippen molar-refractivity contribution in [2.24, 2.45) is 0 Å². The number of nitrogens with zero attached hydrogens (tertiary/aromatic N) is 3. The maximum Gasteiger partial charge on any atom is 0.341 e. The molecule has 1 heterocycles. The number of phenols is 1. The van der Waals surface area contributed by atoms with Crippen molar-refractivity contribution in [1.29, 1.82) is 0 Å². The molecule has 0 saturated heterocycles. The number of aliphatic carboxylic acids is 1. The lowest BCUT2D eigenvalue weighted by atomic mass is 9.92. The van der Waals surface area contributed by atoms with E-state index in [4.69, 9.17) is 14.6 Å². The van der Waals surface area contributed by atoms with Gasteiger partial charge in [0.25, 0.3) is 0 Å². The maximum atomic E-state index is 13.3. The number of hydrogen-bond donors (Lipinski definition) is 3. The smallest absolute Gasteiger partial charge is 0.341 e. The van der Waals surface area contributed by atoms with E-state index < -0.39 is 12.6 Å². The van der Waals surface area contributed by atoms with Gasteiger partial charge in [0.2, 0.25) is 0 Å². The Balaban J connectivity index is 1.30. The Bertz CT molecular complexity index is 1350. The molecule has 4 aromatic rings. The number of carboxylic acids is 1. The average molecular weight is 535 g/mol. The average Bonchev–Trinajstić information content (AvgIpc) is 3.47. The van der Waals surface area contributed by atoms with E-state index in [2.05, 4.69) is 20.6 Å². The van der Waals surface area contributed by atoms with Gasteiger partial charge in [0.1, 0.15) is 23.1 Å². The van der Waals surface area contributed by atoms with Crippen LogP contribution in [0.5, 0.6) is 17.2 Å². The molecule has 4 rings (SSSR count). The summed E-state index contributed by atoms with van der Waals surface area (Å²) in [4.78, 5) is 10.7. The predicted molar refractivity (Wildman–Crippen MR) is 142 cm³/mol. The third kappa shape index (κ3) is 7.31. The van der Waals surface area contributed by atoms with Gasteiger partial charge in [-0.25, -0.2) is 9.18 Å². The van der Waals surface area contributed by atoms with Gasteiger partial charge < -0.3 is 19.7 Å². The highest BCUT2D eigenvalue weighted by Gasteiger charge is 2.19. The van der Waals surface area contributed by atoms with Gasteiger partial charge in [-0.05, 0) is 66.8 Å². The zero-order valence-electron chi connectivity index (χ0n) is 21.6. The normalized spacial score (nSPS) is 11.7. The number of H-pyrrole nitrogens is 1. The van der Waals surface area contributed by atoms with E-state index in [0.717, 1.165) is 42.4 Å². The number of carbonyl (C=O) groups is 1. The summed E-state index contributed by atoms with van der Waals surface area (Å²) in [5.74, 6) is 0.457. The van der Waals surface area contributed by atoms with Crippen molar-refractivity contribution in [3.05, 3.63) is 83.4 Å². The van der Waals surface area contributed by atoms with Crippen molar-refractivity contribution in [3.8, 4) is 28.4 Å². The van der Waals surface area contributed by atoms with Gasteiger partial charge in [-0.3, -0.25) is 0 Å². The lowest BCUT2D eigenvalue weighted by Crippen LogP contribution is -2.09. The Morgan fingerprint density at radius 1 is 1.00 bits per heavy atom. The lowest BCUT2D eigenvalue weighted by molar-refractivity contribution is -0.139. The zero-order chi connectivity index (χ0) is 27.6. The van der Waals surface area contributed by atoms with Crippen LogP contribution < -0.4 is 9.47 Å². The van der Waals surface area contributed by atoms with Crippen molar-refractivity contribution in [2.75, 3.05) is 13.2 Å². The minimum absolute atomic E-state index is 0.0687. The van der Waals surface area contributed by atoms with Crippen molar-refractivity contribution in [3.63, 3.8) is 0 Å². The second kappa shape index (κ2) is 13.4. The number of benzene rings is 3. The van der Waals surface area contributed by atoms with Gasteiger partial charge in [0.05, 0.1) is 6.61 Å². The summed E-state index contributed by atoms with van der Waals surface area (Å²) in [5, 5.41) is 34.2. The molecule has 3 N–H and O–H groups in total. The standard InChI is InChI=1S/C29H31FN4O5/c1-2-23-26(16-15-24(28(23)37)19-7-11-21(30)12-8-19)38-17-5-3-4-6-25(29-31-33-34-32-29)20-9-13-22(14-10-20)39-18-27(35)36/h7-16,25,37H,2-6,17-18H2,1H3,(H,35,36)(H,31,32,33,34). The quantitative estimate of drug-likeness (QED) is 0.181. The van der Waals surface area contributed by atoms with Crippen LogP contribution >= 0.6 is 0 Å².